The number of nitrogens with two attached hydrogens (primary N) is 1. The SMILES string of the molecule is CCN(CC)C(CN)c1ccc(F)cc1F. The van der Waals surface area contributed by atoms with Gasteiger partial charge in [-0.2, -0.15) is 0 Å². The highest BCUT2D eigenvalue weighted by molar-refractivity contribution is 5.22. The zero-order chi connectivity index (χ0) is 12.1. The van der Waals surface area contributed by atoms with Crippen molar-refractivity contribution in [3.05, 3.63) is 35.4 Å². The van der Waals surface area contributed by atoms with E-state index in [9.17, 15) is 8.78 Å². The highest BCUT2D eigenvalue weighted by atomic mass is 19.1. The first-order valence-electron chi connectivity index (χ1n) is 5.53. The number of hydrogen-bond donors (Lipinski definition) is 1. The van der Waals surface area contributed by atoms with Crippen LogP contribution in [0.15, 0.2) is 18.2 Å². The standard InChI is InChI=1S/C12H18F2N2/c1-3-16(4-2)12(8-15)10-6-5-9(13)7-11(10)14/h5-7,12H,3-4,8,15H2,1-2H3. The maximum Gasteiger partial charge on any atom is 0.130 e. The minimum atomic E-state index is -0.559. The summed E-state index contributed by atoms with van der Waals surface area (Å²) < 4.78 is 26.4. The molecule has 16 heavy (non-hydrogen) atoms. The van der Waals surface area contributed by atoms with Gasteiger partial charge in [0.05, 0.1) is 0 Å². The number of likely N-dealkylation sites (N-methyl/N-ethyl adjacent to an activating group) is 1. The molecule has 0 aliphatic heterocycles. The summed E-state index contributed by atoms with van der Waals surface area (Å²) in [6, 6.07) is 3.46. The highest BCUT2D eigenvalue weighted by Gasteiger charge is 2.19. The van der Waals surface area contributed by atoms with Gasteiger partial charge >= 0.3 is 0 Å². The van der Waals surface area contributed by atoms with Gasteiger partial charge in [0.2, 0.25) is 0 Å². The quantitative estimate of drug-likeness (QED) is 0.838. The highest BCUT2D eigenvalue weighted by Crippen LogP contribution is 2.22. The van der Waals surface area contributed by atoms with E-state index in [-0.39, 0.29) is 6.04 Å². The molecule has 4 heteroatoms. The van der Waals surface area contributed by atoms with Crippen LogP contribution >= 0.6 is 0 Å². The van der Waals surface area contributed by atoms with Gasteiger partial charge in [0.1, 0.15) is 11.6 Å². The van der Waals surface area contributed by atoms with Crippen LogP contribution in [0.4, 0.5) is 8.78 Å². The Labute approximate surface area is 95.1 Å². The lowest BCUT2D eigenvalue weighted by Crippen LogP contribution is -2.34. The zero-order valence-electron chi connectivity index (χ0n) is 9.71. The molecule has 0 aliphatic rings. The van der Waals surface area contributed by atoms with Crippen LogP contribution in [0, 0.1) is 11.6 Å². The van der Waals surface area contributed by atoms with Crippen molar-refractivity contribution in [1.82, 2.24) is 4.90 Å². The van der Waals surface area contributed by atoms with Crippen LogP contribution in [0.5, 0.6) is 0 Å². The Kier molecular flexibility index (Phi) is 4.83. The van der Waals surface area contributed by atoms with Crippen LogP contribution in [-0.4, -0.2) is 24.5 Å². The Morgan fingerprint density at radius 1 is 1.25 bits per heavy atom. The second-order valence-electron chi connectivity index (χ2n) is 3.64. The zero-order valence-corrected chi connectivity index (χ0v) is 9.71. The number of hydrogen-bond acceptors (Lipinski definition) is 2. The van der Waals surface area contributed by atoms with E-state index in [4.69, 9.17) is 5.73 Å². The molecule has 0 radical (unpaired) electrons. The summed E-state index contributed by atoms with van der Waals surface area (Å²) >= 11 is 0. The summed E-state index contributed by atoms with van der Waals surface area (Å²) in [4.78, 5) is 2.05. The fraction of sp³-hybridized carbons (Fsp3) is 0.500. The van der Waals surface area contributed by atoms with Crippen LogP contribution in [-0.2, 0) is 0 Å². The molecule has 1 aromatic rings. The molecule has 1 unspecified atom stereocenters. The van der Waals surface area contributed by atoms with Crippen molar-refractivity contribution in [3.8, 4) is 0 Å². The lowest BCUT2D eigenvalue weighted by atomic mass is 10.0. The molecule has 90 valence electrons. The van der Waals surface area contributed by atoms with E-state index in [1.807, 2.05) is 13.8 Å². The Bertz CT molecular complexity index is 338. The van der Waals surface area contributed by atoms with Crippen LogP contribution in [0.25, 0.3) is 0 Å². The lowest BCUT2D eigenvalue weighted by Gasteiger charge is -2.29. The first-order valence-corrected chi connectivity index (χ1v) is 5.53. The maximum absolute atomic E-state index is 13.6. The van der Waals surface area contributed by atoms with E-state index < -0.39 is 11.6 Å². The van der Waals surface area contributed by atoms with Crippen molar-refractivity contribution in [3.63, 3.8) is 0 Å². The molecule has 0 heterocycles. The van der Waals surface area contributed by atoms with Crippen LogP contribution in [0.2, 0.25) is 0 Å². The molecule has 0 fully saturated rings. The van der Waals surface area contributed by atoms with Crippen molar-refractivity contribution >= 4 is 0 Å². The molecule has 1 atom stereocenters. The third kappa shape index (κ3) is 2.77. The van der Waals surface area contributed by atoms with E-state index in [0.717, 1.165) is 19.2 Å². The summed E-state index contributed by atoms with van der Waals surface area (Å²) in [7, 11) is 0. The molecule has 0 amide bonds. The van der Waals surface area contributed by atoms with Crippen LogP contribution in [0.1, 0.15) is 25.5 Å². The number of nitrogens with zero attached hydrogens (tertiary/aromatic N) is 1. The minimum Gasteiger partial charge on any atom is -0.329 e. The normalized spacial score (nSPS) is 13.1. The average molecular weight is 228 g/mol. The van der Waals surface area contributed by atoms with Crippen LogP contribution in [0.3, 0.4) is 0 Å². The summed E-state index contributed by atoms with van der Waals surface area (Å²) in [5.74, 6) is -1.08. The molecule has 0 spiro atoms. The summed E-state index contributed by atoms with van der Waals surface area (Å²) in [5.41, 5.74) is 6.13. The van der Waals surface area contributed by atoms with Gasteiger partial charge in [-0.3, -0.25) is 4.90 Å². The fourth-order valence-corrected chi connectivity index (χ4v) is 1.91. The second-order valence-corrected chi connectivity index (χ2v) is 3.64. The van der Waals surface area contributed by atoms with Crippen molar-refractivity contribution < 1.29 is 8.78 Å². The van der Waals surface area contributed by atoms with Gasteiger partial charge < -0.3 is 5.73 Å². The van der Waals surface area contributed by atoms with E-state index in [0.29, 0.717) is 12.1 Å². The summed E-state index contributed by atoms with van der Waals surface area (Å²) in [5, 5.41) is 0. The second kappa shape index (κ2) is 5.92. The first-order chi connectivity index (χ1) is 7.63. The third-order valence-corrected chi connectivity index (χ3v) is 2.80. The van der Waals surface area contributed by atoms with E-state index in [1.165, 1.54) is 12.1 Å². The fourth-order valence-electron chi connectivity index (χ4n) is 1.91. The topological polar surface area (TPSA) is 29.3 Å². The molecular weight excluding hydrogens is 210 g/mol. The molecule has 0 aliphatic carbocycles. The minimum absolute atomic E-state index is 0.185. The van der Waals surface area contributed by atoms with Crippen molar-refractivity contribution in [2.75, 3.05) is 19.6 Å². The number of rotatable bonds is 5. The largest absolute Gasteiger partial charge is 0.329 e. The average Bonchev–Trinajstić information content (AvgIpc) is 2.27. The van der Waals surface area contributed by atoms with Gasteiger partial charge in [-0.1, -0.05) is 19.9 Å². The van der Waals surface area contributed by atoms with Crippen LogP contribution < -0.4 is 5.73 Å². The molecular formula is C12H18F2N2. The molecule has 2 nitrogen and oxygen atoms in total. The molecule has 1 aromatic carbocycles. The Morgan fingerprint density at radius 3 is 2.31 bits per heavy atom. The lowest BCUT2D eigenvalue weighted by molar-refractivity contribution is 0.219. The van der Waals surface area contributed by atoms with Crippen molar-refractivity contribution in [1.29, 1.82) is 0 Å². The molecule has 0 aromatic heterocycles. The Morgan fingerprint density at radius 2 is 1.88 bits per heavy atom. The first kappa shape index (κ1) is 13.1. The van der Waals surface area contributed by atoms with Crippen molar-refractivity contribution in [2.24, 2.45) is 5.73 Å². The molecule has 1 rings (SSSR count). The van der Waals surface area contributed by atoms with E-state index >= 15 is 0 Å². The predicted molar refractivity (Wildman–Crippen MR) is 61.1 cm³/mol. The molecule has 2 N–H and O–H groups in total. The smallest absolute Gasteiger partial charge is 0.130 e. The van der Waals surface area contributed by atoms with Gasteiger partial charge in [0.25, 0.3) is 0 Å². The Balaban J connectivity index is 3.03. The molecule has 0 saturated carbocycles. The van der Waals surface area contributed by atoms with E-state index in [1.54, 1.807) is 0 Å². The monoisotopic (exact) mass is 228 g/mol. The number of benzene rings is 1. The summed E-state index contributed by atoms with van der Waals surface area (Å²) in [6.07, 6.45) is 0. The Hall–Kier alpha value is -1.00. The van der Waals surface area contributed by atoms with Gasteiger partial charge in [0, 0.05) is 24.2 Å². The van der Waals surface area contributed by atoms with Gasteiger partial charge in [-0.05, 0) is 19.2 Å². The molecule has 0 saturated heterocycles. The van der Waals surface area contributed by atoms with Crippen molar-refractivity contribution in [2.45, 2.75) is 19.9 Å². The third-order valence-electron chi connectivity index (χ3n) is 2.80. The van der Waals surface area contributed by atoms with E-state index in [2.05, 4.69) is 4.90 Å². The summed E-state index contributed by atoms with van der Waals surface area (Å²) in [6.45, 7) is 5.88. The van der Waals surface area contributed by atoms with Gasteiger partial charge in [-0.15, -0.1) is 0 Å². The maximum atomic E-state index is 13.6. The van der Waals surface area contributed by atoms with Gasteiger partial charge in [-0.25, -0.2) is 8.78 Å². The van der Waals surface area contributed by atoms with Gasteiger partial charge in [0.15, 0.2) is 0 Å². The predicted octanol–water partition coefficient (Wildman–Crippen LogP) is 2.31. The molecule has 0 bridgehead atoms. The number of halogens is 2.